The molecule has 0 aromatic heterocycles. The Bertz CT molecular complexity index is 2370. The molecule has 0 spiro atoms. The van der Waals surface area contributed by atoms with Gasteiger partial charge in [-0.05, 0) is 52.1 Å². The zero-order valence-electron chi connectivity index (χ0n) is 31.8. The molecule has 1 unspecified atom stereocenters. The van der Waals surface area contributed by atoms with Gasteiger partial charge in [0.05, 0.1) is 74.7 Å². The highest BCUT2D eigenvalue weighted by Gasteiger charge is 2.35. The smallest absolute Gasteiger partial charge is 0.337 e. The number of ether oxygens (including phenoxy) is 5. The molecule has 2 atom stereocenters. The number of hydrogen-bond donors (Lipinski definition) is 1. The molecule has 0 bridgehead atoms. The maximum Gasteiger partial charge on any atom is 0.337 e. The van der Waals surface area contributed by atoms with E-state index in [-0.39, 0.29) is 37.1 Å². The van der Waals surface area contributed by atoms with Gasteiger partial charge >= 0.3 is 5.97 Å². The molecule has 0 saturated carbocycles. The third-order valence-electron chi connectivity index (χ3n) is 10.5. The van der Waals surface area contributed by atoms with Crippen molar-refractivity contribution in [1.82, 2.24) is 9.80 Å². The topological polar surface area (TPSA) is 155 Å². The highest BCUT2D eigenvalue weighted by molar-refractivity contribution is 6.06. The maximum absolute atomic E-state index is 13.8. The molecule has 8 rings (SSSR count). The minimum Gasteiger partial charge on any atom is -0.493 e. The van der Waals surface area contributed by atoms with Crippen molar-refractivity contribution in [1.29, 1.82) is 0 Å². The molecule has 2 N–H and O–H groups in total. The van der Waals surface area contributed by atoms with Crippen LogP contribution >= 0.6 is 0 Å². The molecular formula is C44H41N5O8. The molecule has 57 heavy (non-hydrogen) atoms. The van der Waals surface area contributed by atoms with E-state index in [2.05, 4.69) is 4.99 Å². The standard InChI is InChI=1S/C44H41N5O8/c1-53-38-17-34-36(46-22-32-15-30(24-48(32)42(34)50)27-7-5-26(21-45)6-8-27)19-40(38)56-13-4-14-57-41-20-37-35(18-39(41)54-2)43(51)49-25-31(16-33(49)23-47-37)28-9-11-29(12-10-28)44(52)55-3/h5-12,17-20,22-25,32-33H,4,13-16,21,45H2,1-3H3/t32?,33-/m0/s1. The Morgan fingerprint density at radius 3 is 1.60 bits per heavy atom. The van der Waals surface area contributed by atoms with Crippen molar-refractivity contribution < 1.29 is 38.1 Å². The van der Waals surface area contributed by atoms with Gasteiger partial charge in [0.2, 0.25) is 0 Å². The highest BCUT2D eigenvalue weighted by atomic mass is 16.5. The summed E-state index contributed by atoms with van der Waals surface area (Å²) in [5.41, 5.74) is 13.0. The predicted octanol–water partition coefficient (Wildman–Crippen LogP) is 6.74. The van der Waals surface area contributed by atoms with Crippen molar-refractivity contribution in [2.45, 2.75) is 37.9 Å². The largest absolute Gasteiger partial charge is 0.493 e. The first-order chi connectivity index (χ1) is 27.8. The number of nitrogens with two attached hydrogens (primary N) is 1. The first-order valence-electron chi connectivity index (χ1n) is 18.6. The van der Waals surface area contributed by atoms with Crippen molar-refractivity contribution in [3.8, 4) is 23.0 Å². The van der Waals surface area contributed by atoms with Gasteiger partial charge in [-0.1, -0.05) is 36.4 Å². The van der Waals surface area contributed by atoms with E-state index in [0.29, 0.717) is 76.9 Å². The van der Waals surface area contributed by atoms with Crippen LogP contribution in [0.5, 0.6) is 23.0 Å². The van der Waals surface area contributed by atoms with Crippen molar-refractivity contribution in [3.63, 3.8) is 0 Å². The second kappa shape index (κ2) is 15.8. The zero-order chi connectivity index (χ0) is 39.6. The number of benzene rings is 4. The number of nitrogens with zero attached hydrogens (tertiary/aromatic N) is 4. The average molecular weight is 768 g/mol. The normalized spacial score (nSPS) is 17.8. The molecule has 13 nitrogen and oxygen atoms in total. The lowest BCUT2D eigenvalue weighted by Crippen LogP contribution is -2.32. The summed E-state index contributed by atoms with van der Waals surface area (Å²) in [6.07, 6.45) is 9.04. The van der Waals surface area contributed by atoms with Crippen LogP contribution in [0.4, 0.5) is 11.4 Å². The summed E-state index contributed by atoms with van der Waals surface area (Å²) >= 11 is 0. The van der Waals surface area contributed by atoms with Gasteiger partial charge in [0.25, 0.3) is 11.8 Å². The van der Waals surface area contributed by atoms with Crippen molar-refractivity contribution in [2.24, 2.45) is 15.7 Å². The van der Waals surface area contributed by atoms with Gasteiger partial charge in [-0.2, -0.15) is 0 Å². The Morgan fingerprint density at radius 2 is 1.16 bits per heavy atom. The quantitative estimate of drug-likeness (QED) is 0.122. The summed E-state index contributed by atoms with van der Waals surface area (Å²) in [6.45, 7) is 1.05. The van der Waals surface area contributed by atoms with Crippen LogP contribution in [-0.4, -0.2) is 86.6 Å². The number of carbonyl (C=O) groups excluding carboxylic acids is 3. The summed E-state index contributed by atoms with van der Waals surface area (Å²) in [5, 5.41) is 0. The van der Waals surface area contributed by atoms with Crippen molar-refractivity contribution in [3.05, 3.63) is 119 Å². The van der Waals surface area contributed by atoms with E-state index in [1.165, 1.54) is 21.3 Å². The number of hydrogen-bond acceptors (Lipinski definition) is 11. The van der Waals surface area contributed by atoms with Crippen molar-refractivity contribution >= 4 is 52.7 Å². The Balaban J connectivity index is 0.901. The van der Waals surface area contributed by atoms with Crippen LogP contribution in [0.1, 0.15) is 67.0 Å². The van der Waals surface area contributed by atoms with Gasteiger partial charge in [-0.15, -0.1) is 0 Å². The summed E-state index contributed by atoms with van der Waals surface area (Å²) < 4.78 is 28.3. The molecule has 4 heterocycles. The van der Waals surface area contributed by atoms with Crippen LogP contribution in [0.25, 0.3) is 11.1 Å². The maximum atomic E-state index is 13.8. The summed E-state index contributed by atoms with van der Waals surface area (Å²) in [5.74, 6) is 0.967. The molecule has 13 heteroatoms. The second-order valence-electron chi connectivity index (χ2n) is 13.9. The number of amides is 2. The third kappa shape index (κ3) is 7.25. The Labute approximate surface area is 329 Å². The van der Waals surface area contributed by atoms with Gasteiger partial charge in [-0.25, -0.2) is 4.79 Å². The fourth-order valence-electron chi connectivity index (χ4n) is 7.36. The number of aliphatic imine (C=N–C) groups is 2. The Kier molecular flexibility index (Phi) is 10.3. The van der Waals surface area contributed by atoms with E-state index in [9.17, 15) is 14.4 Å². The number of methoxy groups -OCH3 is 3. The summed E-state index contributed by atoms with van der Waals surface area (Å²) in [4.78, 5) is 52.2. The van der Waals surface area contributed by atoms with Gasteiger partial charge in [0.15, 0.2) is 23.0 Å². The summed E-state index contributed by atoms with van der Waals surface area (Å²) in [7, 11) is 4.40. The predicted molar refractivity (Wildman–Crippen MR) is 215 cm³/mol. The second-order valence-corrected chi connectivity index (χ2v) is 13.9. The van der Waals surface area contributed by atoms with Crippen LogP contribution in [0.15, 0.2) is 95.2 Å². The average Bonchev–Trinajstić information content (AvgIpc) is 3.83. The monoisotopic (exact) mass is 767 g/mol. The first kappa shape index (κ1) is 37.2. The molecule has 4 aromatic rings. The van der Waals surface area contributed by atoms with Gasteiger partial charge in [0.1, 0.15) is 0 Å². The molecule has 2 amide bonds. The minimum atomic E-state index is -0.406. The number of rotatable bonds is 12. The summed E-state index contributed by atoms with van der Waals surface area (Å²) in [6, 6.07) is 21.5. The van der Waals surface area contributed by atoms with E-state index >= 15 is 0 Å². The zero-order valence-corrected chi connectivity index (χ0v) is 31.8. The van der Waals surface area contributed by atoms with Crippen molar-refractivity contribution in [2.75, 3.05) is 34.5 Å². The molecular weight excluding hydrogens is 727 g/mol. The van der Waals surface area contributed by atoms with Gasteiger partial charge in [-0.3, -0.25) is 19.6 Å². The Morgan fingerprint density at radius 1 is 0.684 bits per heavy atom. The van der Waals surface area contributed by atoms with Gasteiger partial charge in [0, 0.05) is 62.8 Å². The van der Waals surface area contributed by atoms with E-state index in [1.54, 1.807) is 52.4 Å². The van der Waals surface area contributed by atoms with Crippen LogP contribution in [0.2, 0.25) is 0 Å². The lowest BCUT2D eigenvalue weighted by atomic mass is 10.0. The van der Waals surface area contributed by atoms with E-state index in [0.717, 1.165) is 27.8 Å². The number of fused-ring (bicyclic) bond motifs is 4. The van der Waals surface area contributed by atoms with E-state index in [4.69, 9.17) is 34.4 Å². The molecule has 0 fully saturated rings. The molecule has 4 aliphatic heterocycles. The fraction of sp³-hybridized carbons (Fsp3) is 0.250. The molecule has 4 aromatic carbocycles. The number of carbonyl (C=O) groups is 3. The van der Waals surface area contributed by atoms with E-state index in [1.807, 2.05) is 55.0 Å². The molecule has 0 aliphatic carbocycles. The fourth-order valence-corrected chi connectivity index (χ4v) is 7.36. The van der Waals surface area contributed by atoms with Gasteiger partial charge < -0.3 is 39.2 Å². The van der Waals surface area contributed by atoms with Crippen LogP contribution in [0.3, 0.4) is 0 Å². The SMILES string of the molecule is COC(=O)c1ccc(C2=CN3C(=O)c4cc(OC)c(OCCCOc5cc6c(cc5OC)C(=O)N5C=C(c7ccc(CN)cc7)CC5C=N6)cc4N=C[C@@H]3C2)cc1. The number of esters is 1. The Hall–Kier alpha value is -6.73. The lowest BCUT2D eigenvalue weighted by molar-refractivity contribution is 0.0600. The molecule has 0 radical (unpaired) electrons. The first-order valence-corrected chi connectivity index (χ1v) is 18.6. The molecule has 4 aliphatic rings. The minimum absolute atomic E-state index is 0.161. The molecule has 290 valence electrons. The van der Waals surface area contributed by atoms with E-state index < -0.39 is 5.97 Å². The van der Waals surface area contributed by atoms with Crippen LogP contribution < -0.4 is 24.7 Å². The van der Waals surface area contributed by atoms with Crippen LogP contribution in [-0.2, 0) is 11.3 Å². The highest BCUT2D eigenvalue weighted by Crippen LogP contribution is 2.42. The lowest BCUT2D eigenvalue weighted by Gasteiger charge is -2.19. The third-order valence-corrected chi connectivity index (χ3v) is 10.5. The molecule has 0 saturated heterocycles. The van der Waals surface area contributed by atoms with Crippen LogP contribution in [0, 0.1) is 0 Å².